The number of benzene rings is 2. The molecule has 2 aromatic rings. The molecule has 0 aliphatic carbocycles. The molecule has 2 aromatic carbocycles. The molecule has 1 heterocycles. The van der Waals surface area contributed by atoms with Gasteiger partial charge in [-0.2, -0.15) is 0 Å². The first kappa shape index (κ1) is 15.2. The van der Waals surface area contributed by atoms with E-state index in [1.165, 1.54) is 12.1 Å². The second-order valence-electron chi connectivity index (χ2n) is 4.83. The van der Waals surface area contributed by atoms with E-state index in [-0.39, 0.29) is 11.1 Å². The van der Waals surface area contributed by atoms with Crippen LogP contribution >= 0.6 is 15.9 Å². The van der Waals surface area contributed by atoms with Crippen molar-refractivity contribution in [2.45, 2.75) is 0 Å². The van der Waals surface area contributed by atoms with Crippen LogP contribution in [-0.4, -0.2) is 29.2 Å². The fraction of sp³-hybridized carbons (Fsp3) is 0.0625. The maximum Gasteiger partial charge on any atom is 0.262 e. The number of amides is 2. The van der Waals surface area contributed by atoms with E-state index in [0.29, 0.717) is 16.4 Å². The number of imide groups is 1. The Labute approximate surface area is 139 Å². The molecule has 2 amide bonds. The van der Waals surface area contributed by atoms with E-state index in [9.17, 15) is 19.5 Å². The van der Waals surface area contributed by atoms with E-state index < -0.39 is 24.3 Å². The average Bonchev–Trinajstić information content (AvgIpc) is 2.74. The van der Waals surface area contributed by atoms with Gasteiger partial charge >= 0.3 is 0 Å². The lowest BCUT2D eigenvalue weighted by molar-refractivity contribution is -0.305. The summed E-state index contributed by atoms with van der Waals surface area (Å²) in [6.45, 7) is -0.769. The number of ether oxygens (including phenoxy) is 1. The molecule has 0 atom stereocenters. The van der Waals surface area contributed by atoms with E-state index in [1.54, 1.807) is 30.3 Å². The lowest BCUT2D eigenvalue weighted by Crippen LogP contribution is -2.41. The number of nitrogens with zero attached hydrogens (tertiary/aromatic N) is 1. The summed E-state index contributed by atoms with van der Waals surface area (Å²) in [5.41, 5.74) is 0.269. The minimum Gasteiger partial charge on any atom is -0.548 e. The van der Waals surface area contributed by atoms with Crippen molar-refractivity contribution >= 4 is 33.7 Å². The Morgan fingerprint density at radius 1 is 1.00 bits per heavy atom. The molecule has 0 saturated heterocycles. The lowest BCUT2D eigenvalue weighted by Gasteiger charge is -2.13. The lowest BCUT2D eigenvalue weighted by atomic mass is 10.1. The van der Waals surface area contributed by atoms with Crippen LogP contribution in [0.5, 0.6) is 11.5 Å². The Morgan fingerprint density at radius 2 is 1.61 bits per heavy atom. The SMILES string of the molecule is O=C([O-])CN1C(=O)c2ccc(Oc3ccc(Br)cc3)cc2C1=O. The molecule has 0 fully saturated rings. The third kappa shape index (κ3) is 2.95. The fourth-order valence-corrected chi connectivity index (χ4v) is 2.51. The van der Waals surface area contributed by atoms with Gasteiger partial charge < -0.3 is 14.6 Å². The van der Waals surface area contributed by atoms with Crippen LogP contribution in [0, 0.1) is 0 Å². The predicted octanol–water partition coefficient (Wildman–Crippen LogP) is 1.59. The molecular formula is C16H9BrNO5-. The zero-order valence-corrected chi connectivity index (χ0v) is 13.2. The number of carboxylic acid groups (broad SMARTS) is 1. The van der Waals surface area contributed by atoms with Crippen molar-refractivity contribution < 1.29 is 24.2 Å². The van der Waals surface area contributed by atoms with E-state index in [4.69, 9.17) is 4.74 Å². The van der Waals surface area contributed by atoms with Crippen LogP contribution in [0.4, 0.5) is 0 Å². The highest BCUT2D eigenvalue weighted by atomic mass is 79.9. The highest BCUT2D eigenvalue weighted by molar-refractivity contribution is 9.10. The van der Waals surface area contributed by atoms with Crippen molar-refractivity contribution in [2.75, 3.05) is 6.54 Å². The van der Waals surface area contributed by atoms with E-state index in [2.05, 4.69) is 15.9 Å². The Kier molecular flexibility index (Phi) is 3.87. The number of hydrogen-bond acceptors (Lipinski definition) is 5. The van der Waals surface area contributed by atoms with Crippen LogP contribution in [0.2, 0.25) is 0 Å². The minimum absolute atomic E-state index is 0.117. The number of carboxylic acids is 1. The van der Waals surface area contributed by atoms with Crippen molar-refractivity contribution in [3.8, 4) is 11.5 Å². The summed E-state index contributed by atoms with van der Waals surface area (Å²) < 4.78 is 6.53. The van der Waals surface area contributed by atoms with Gasteiger partial charge in [-0.3, -0.25) is 14.5 Å². The molecule has 1 aliphatic heterocycles. The molecule has 0 N–H and O–H groups in total. The number of carbonyl (C=O) groups is 3. The van der Waals surface area contributed by atoms with Gasteiger partial charge in [0.1, 0.15) is 11.5 Å². The number of carbonyl (C=O) groups excluding carboxylic acids is 3. The second-order valence-corrected chi connectivity index (χ2v) is 5.75. The van der Waals surface area contributed by atoms with E-state index in [0.717, 1.165) is 4.47 Å². The van der Waals surface area contributed by atoms with Crippen molar-refractivity contribution in [3.63, 3.8) is 0 Å². The molecule has 7 heteroatoms. The highest BCUT2D eigenvalue weighted by Crippen LogP contribution is 2.29. The Hall–Kier alpha value is -2.67. The third-order valence-electron chi connectivity index (χ3n) is 3.28. The van der Waals surface area contributed by atoms with Gasteiger partial charge in [0.25, 0.3) is 11.8 Å². The Balaban J connectivity index is 1.88. The first-order chi connectivity index (χ1) is 11.0. The van der Waals surface area contributed by atoms with Crippen LogP contribution in [0.25, 0.3) is 0 Å². The van der Waals surface area contributed by atoms with Gasteiger partial charge in [0.2, 0.25) is 0 Å². The summed E-state index contributed by atoms with van der Waals surface area (Å²) in [5.74, 6) is -1.87. The minimum atomic E-state index is -1.49. The monoisotopic (exact) mass is 374 g/mol. The summed E-state index contributed by atoms with van der Waals surface area (Å²) >= 11 is 3.32. The second kappa shape index (κ2) is 5.85. The van der Waals surface area contributed by atoms with Gasteiger partial charge in [0.15, 0.2) is 0 Å². The van der Waals surface area contributed by atoms with Crippen LogP contribution < -0.4 is 9.84 Å². The third-order valence-corrected chi connectivity index (χ3v) is 3.81. The number of hydrogen-bond donors (Lipinski definition) is 0. The molecule has 0 aromatic heterocycles. The summed E-state index contributed by atoms with van der Waals surface area (Å²) in [5, 5.41) is 10.6. The van der Waals surface area contributed by atoms with Crippen LogP contribution in [0.1, 0.15) is 20.7 Å². The molecule has 3 rings (SSSR count). The van der Waals surface area contributed by atoms with Crippen molar-refractivity contribution in [3.05, 3.63) is 58.1 Å². The van der Waals surface area contributed by atoms with Crippen LogP contribution in [0.3, 0.4) is 0 Å². The molecular weight excluding hydrogens is 366 g/mol. The predicted molar refractivity (Wildman–Crippen MR) is 81.0 cm³/mol. The molecule has 23 heavy (non-hydrogen) atoms. The molecule has 6 nitrogen and oxygen atoms in total. The maximum absolute atomic E-state index is 12.1. The molecule has 116 valence electrons. The maximum atomic E-state index is 12.1. The van der Waals surface area contributed by atoms with E-state index >= 15 is 0 Å². The standard InChI is InChI=1S/C16H10BrNO5/c17-9-1-3-10(4-2-9)23-11-5-6-12-13(7-11)16(22)18(15(12)21)8-14(19)20/h1-7H,8H2,(H,19,20)/p-1. The van der Waals surface area contributed by atoms with Crippen molar-refractivity contribution in [1.82, 2.24) is 4.90 Å². The fourth-order valence-electron chi connectivity index (χ4n) is 2.24. The van der Waals surface area contributed by atoms with Crippen molar-refractivity contribution in [1.29, 1.82) is 0 Å². The van der Waals surface area contributed by atoms with Gasteiger partial charge in [-0.15, -0.1) is 0 Å². The zero-order valence-electron chi connectivity index (χ0n) is 11.6. The van der Waals surface area contributed by atoms with Crippen LogP contribution in [0.15, 0.2) is 46.9 Å². The van der Waals surface area contributed by atoms with Gasteiger partial charge in [-0.1, -0.05) is 15.9 Å². The number of rotatable bonds is 4. The summed E-state index contributed by atoms with van der Waals surface area (Å²) in [7, 11) is 0. The number of aliphatic carboxylic acids is 1. The average molecular weight is 375 g/mol. The molecule has 0 unspecified atom stereocenters. The first-order valence-corrected chi connectivity index (χ1v) is 7.38. The van der Waals surface area contributed by atoms with Crippen molar-refractivity contribution in [2.24, 2.45) is 0 Å². The quantitative estimate of drug-likeness (QED) is 0.758. The number of fused-ring (bicyclic) bond motifs is 1. The Bertz CT molecular complexity index is 816. The Morgan fingerprint density at radius 3 is 2.26 bits per heavy atom. The first-order valence-electron chi connectivity index (χ1n) is 6.59. The molecule has 0 bridgehead atoms. The smallest absolute Gasteiger partial charge is 0.262 e. The largest absolute Gasteiger partial charge is 0.548 e. The summed E-state index contributed by atoms with van der Waals surface area (Å²) in [6, 6.07) is 11.5. The number of halogens is 1. The summed E-state index contributed by atoms with van der Waals surface area (Å²) in [4.78, 5) is 35.5. The van der Waals surface area contributed by atoms with Gasteiger partial charge in [0, 0.05) is 4.47 Å². The molecule has 0 radical (unpaired) electrons. The molecule has 0 saturated carbocycles. The molecule has 1 aliphatic rings. The normalized spacial score (nSPS) is 13.2. The molecule has 0 spiro atoms. The highest BCUT2D eigenvalue weighted by Gasteiger charge is 2.35. The van der Waals surface area contributed by atoms with Crippen LogP contribution in [-0.2, 0) is 4.79 Å². The van der Waals surface area contributed by atoms with Gasteiger partial charge in [-0.25, -0.2) is 0 Å². The summed E-state index contributed by atoms with van der Waals surface area (Å²) in [6.07, 6.45) is 0. The van der Waals surface area contributed by atoms with Gasteiger partial charge in [0.05, 0.1) is 23.6 Å². The topological polar surface area (TPSA) is 86.7 Å². The van der Waals surface area contributed by atoms with Gasteiger partial charge in [-0.05, 0) is 42.5 Å². The van der Waals surface area contributed by atoms with E-state index in [1.807, 2.05) is 0 Å². The zero-order chi connectivity index (χ0) is 16.6.